The van der Waals surface area contributed by atoms with Crippen LogP contribution in [0.15, 0.2) is 17.0 Å². The molecule has 3 nitrogen and oxygen atoms in total. The molecule has 0 bridgehead atoms. The van der Waals surface area contributed by atoms with Gasteiger partial charge in [0.25, 0.3) is 0 Å². The van der Waals surface area contributed by atoms with Gasteiger partial charge < -0.3 is 0 Å². The largest absolute Gasteiger partial charge is 0.244 e. The summed E-state index contributed by atoms with van der Waals surface area (Å²) in [5.41, 5.74) is 0.569. The summed E-state index contributed by atoms with van der Waals surface area (Å²) in [5, 5.41) is 0.522. The van der Waals surface area contributed by atoms with Crippen LogP contribution in [0.4, 0.5) is 0 Å². The van der Waals surface area contributed by atoms with E-state index in [1.165, 1.54) is 16.4 Å². The van der Waals surface area contributed by atoms with Crippen LogP contribution in [0.25, 0.3) is 0 Å². The highest BCUT2D eigenvalue weighted by molar-refractivity contribution is 7.89. The van der Waals surface area contributed by atoms with Crippen molar-refractivity contribution < 1.29 is 8.42 Å². The molecule has 0 spiro atoms. The molecular weight excluding hydrogens is 353 g/mol. The fourth-order valence-electron chi connectivity index (χ4n) is 2.58. The summed E-state index contributed by atoms with van der Waals surface area (Å²) in [4.78, 5) is 0.0881. The van der Waals surface area contributed by atoms with Gasteiger partial charge in [-0.2, -0.15) is 4.31 Å². The van der Waals surface area contributed by atoms with E-state index in [9.17, 15) is 8.42 Å². The molecule has 7 heteroatoms. The molecule has 0 aliphatic carbocycles. The zero-order chi connectivity index (χ0) is 15.8. The van der Waals surface area contributed by atoms with E-state index in [2.05, 4.69) is 6.92 Å². The van der Waals surface area contributed by atoms with Gasteiger partial charge in [0.2, 0.25) is 10.0 Å². The average Bonchev–Trinajstić information content (AvgIpc) is 2.41. The Bertz CT molecular complexity index is 633. The first-order valence-corrected chi connectivity index (χ1v) is 9.56. The Morgan fingerprint density at radius 2 is 1.86 bits per heavy atom. The van der Waals surface area contributed by atoms with Gasteiger partial charge in [-0.15, -0.1) is 11.6 Å². The lowest BCUT2D eigenvalue weighted by atomic mass is 9.97. The van der Waals surface area contributed by atoms with Gasteiger partial charge in [-0.25, -0.2) is 8.42 Å². The van der Waals surface area contributed by atoms with Gasteiger partial charge in [-0.1, -0.05) is 30.1 Å². The van der Waals surface area contributed by atoms with Crippen LogP contribution in [0.2, 0.25) is 10.0 Å². The van der Waals surface area contributed by atoms with Gasteiger partial charge in [0, 0.05) is 23.5 Å². The van der Waals surface area contributed by atoms with Crippen LogP contribution in [0.5, 0.6) is 0 Å². The lowest BCUT2D eigenvalue weighted by Crippen LogP contribution is -2.44. The molecule has 0 N–H and O–H groups in total. The monoisotopic (exact) mass is 369 g/mol. The Balaban J connectivity index is 2.48. The Morgan fingerprint density at radius 1 is 1.19 bits per heavy atom. The Kier molecular flexibility index (Phi) is 5.48. The van der Waals surface area contributed by atoms with Gasteiger partial charge in [-0.3, -0.25) is 0 Å². The minimum absolute atomic E-state index is 0.0302. The van der Waals surface area contributed by atoms with E-state index in [1.807, 2.05) is 6.92 Å². The molecule has 1 aromatic rings. The molecule has 21 heavy (non-hydrogen) atoms. The number of alkyl halides is 1. The summed E-state index contributed by atoms with van der Waals surface area (Å²) in [6, 6.07) is 2.91. The van der Waals surface area contributed by atoms with E-state index < -0.39 is 10.0 Å². The summed E-state index contributed by atoms with van der Waals surface area (Å²) >= 11 is 17.9. The van der Waals surface area contributed by atoms with E-state index >= 15 is 0 Å². The van der Waals surface area contributed by atoms with Crippen LogP contribution in [0.1, 0.15) is 32.3 Å². The van der Waals surface area contributed by atoms with Crippen molar-refractivity contribution in [2.75, 3.05) is 6.54 Å². The summed E-state index contributed by atoms with van der Waals surface area (Å²) in [7, 11) is -3.64. The molecule has 118 valence electrons. The maximum absolute atomic E-state index is 12.9. The number of rotatable bonds is 3. The highest BCUT2D eigenvalue weighted by Gasteiger charge is 2.35. The van der Waals surface area contributed by atoms with Crippen molar-refractivity contribution in [3.63, 3.8) is 0 Å². The molecule has 0 aromatic heterocycles. The maximum atomic E-state index is 12.9. The molecule has 2 rings (SSSR count). The lowest BCUT2D eigenvalue weighted by Gasteiger charge is -2.35. The Hall–Kier alpha value is -0.000000000000000111. The fraction of sp³-hybridized carbons (Fsp3) is 0.571. The van der Waals surface area contributed by atoms with Crippen molar-refractivity contribution in [3.05, 3.63) is 27.7 Å². The molecule has 1 heterocycles. The van der Waals surface area contributed by atoms with Gasteiger partial charge >= 0.3 is 0 Å². The van der Waals surface area contributed by atoms with Crippen LogP contribution < -0.4 is 0 Å². The van der Waals surface area contributed by atoms with Crippen molar-refractivity contribution in [2.24, 2.45) is 5.92 Å². The highest BCUT2D eigenvalue weighted by Crippen LogP contribution is 2.34. The van der Waals surface area contributed by atoms with E-state index in [4.69, 9.17) is 34.8 Å². The zero-order valence-electron chi connectivity index (χ0n) is 11.9. The predicted molar refractivity (Wildman–Crippen MR) is 87.8 cm³/mol. The smallest absolute Gasteiger partial charge is 0.207 e. The van der Waals surface area contributed by atoms with Crippen LogP contribution in [0.3, 0.4) is 0 Å². The van der Waals surface area contributed by atoms with Gasteiger partial charge in [-0.05, 0) is 43.4 Å². The minimum Gasteiger partial charge on any atom is -0.207 e. The average molecular weight is 371 g/mol. The molecule has 0 saturated carbocycles. The first kappa shape index (κ1) is 17.4. The molecule has 1 saturated heterocycles. The molecule has 1 aliphatic rings. The highest BCUT2D eigenvalue weighted by atomic mass is 35.5. The summed E-state index contributed by atoms with van der Waals surface area (Å²) in [5.74, 6) is 0.486. The second-order valence-corrected chi connectivity index (χ2v) is 8.55. The predicted octanol–water partition coefficient (Wildman–Crippen LogP) is 4.54. The third-order valence-corrected chi connectivity index (χ3v) is 6.98. The molecule has 1 aromatic carbocycles. The summed E-state index contributed by atoms with van der Waals surface area (Å²) in [6.07, 6.45) is 1.89. The van der Waals surface area contributed by atoms with Crippen LogP contribution >= 0.6 is 34.8 Å². The lowest BCUT2D eigenvalue weighted by molar-refractivity contribution is 0.218. The second kappa shape index (κ2) is 6.63. The molecule has 1 aliphatic heterocycles. The number of hydrogen-bond acceptors (Lipinski definition) is 2. The fourth-order valence-corrected chi connectivity index (χ4v) is 5.49. The van der Waals surface area contributed by atoms with Crippen LogP contribution in [-0.2, 0) is 15.9 Å². The molecule has 2 atom stereocenters. The number of benzene rings is 1. The van der Waals surface area contributed by atoms with Crippen molar-refractivity contribution in [2.45, 2.75) is 43.5 Å². The maximum Gasteiger partial charge on any atom is 0.244 e. The summed E-state index contributed by atoms with van der Waals surface area (Å²) in [6.45, 7) is 4.50. The first-order valence-electron chi connectivity index (χ1n) is 6.83. The van der Waals surface area contributed by atoms with E-state index in [0.29, 0.717) is 23.0 Å². The molecule has 0 radical (unpaired) electrons. The molecular formula is C14H18Cl3NO2S. The van der Waals surface area contributed by atoms with E-state index in [-0.39, 0.29) is 21.8 Å². The molecule has 1 fully saturated rings. The zero-order valence-corrected chi connectivity index (χ0v) is 15.0. The number of sulfonamides is 1. The third-order valence-electron chi connectivity index (χ3n) is 3.89. The normalized spacial score (nSPS) is 24.2. The molecule has 0 amide bonds. The van der Waals surface area contributed by atoms with Gasteiger partial charge in [0.05, 0.1) is 5.02 Å². The van der Waals surface area contributed by atoms with Crippen molar-refractivity contribution in [1.29, 1.82) is 0 Å². The van der Waals surface area contributed by atoms with Gasteiger partial charge in [0.1, 0.15) is 4.90 Å². The standard InChI is InChI=1S/C14H18Cl3NO2S/c1-9-3-4-10(2)18(8-9)21(19,20)14-5-11(7-15)12(16)6-13(14)17/h5-6,9-10H,3-4,7-8H2,1-2H3. The van der Waals surface area contributed by atoms with Crippen molar-refractivity contribution in [3.8, 4) is 0 Å². The number of halogens is 3. The van der Waals surface area contributed by atoms with Gasteiger partial charge in [0.15, 0.2) is 0 Å². The quantitative estimate of drug-likeness (QED) is 0.732. The van der Waals surface area contributed by atoms with Crippen LogP contribution in [0, 0.1) is 5.92 Å². The minimum atomic E-state index is -3.64. The van der Waals surface area contributed by atoms with Crippen molar-refractivity contribution >= 4 is 44.8 Å². The SMILES string of the molecule is CC1CCC(C)N(S(=O)(=O)c2cc(CCl)c(Cl)cc2Cl)C1. The van der Waals surface area contributed by atoms with Crippen molar-refractivity contribution in [1.82, 2.24) is 4.31 Å². The number of hydrogen-bond donors (Lipinski definition) is 0. The second-order valence-electron chi connectivity index (χ2n) is 5.61. The molecule has 2 unspecified atom stereocenters. The Labute approximate surface area is 141 Å². The topological polar surface area (TPSA) is 37.4 Å². The number of piperidine rings is 1. The number of nitrogens with zero attached hydrogens (tertiary/aromatic N) is 1. The van der Waals surface area contributed by atoms with E-state index in [1.54, 1.807) is 0 Å². The summed E-state index contributed by atoms with van der Waals surface area (Å²) < 4.78 is 27.3. The third kappa shape index (κ3) is 3.50. The van der Waals surface area contributed by atoms with E-state index in [0.717, 1.165) is 12.8 Å². The Morgan fingerprint density at radius 3 is 2.48 bits per heavy atom. The first-order chi connectivity index (χ1) is 9.77. The van der Waals surface area contributed by atoms with Crippen LogP contribution in [-0.4, -0.2) is 25.3 Å².